The van der Waals surface area contributed by atoms with E-state index in [1.807, 2.05) is 0 Å². The van der Waals surface area contributed by atoms with Crippen LogP contribution in [0, 0.1) is 0 Å². The molecule has 0 aliphatic heterocycles. The summed E-state index contributed by atoms with van der Waals surface area (Å²) in [7, 11) is 0. The maximum atomic E-state index is 0. The van der Waals surface area contributed by atoms with Crippen LogP contribution in [0.25, 0.3) is 0 Å². The summed E-state index contributed by atoms with van der Waals surface area (Å²) in [4.78, 5) is 0. The number of hydrogen-bond acceptors (Lipinski definition) is 0. The molecular formula is H28Cl2MgO12Zn. The van der Waals surface area contributed by atoms with Gasteiger partial charge in [-0.05, 0) is 0 Å². The Morgan fingerprint density at radius 3 is 0.312 bits per heavy atom. The third-order valence-electron chi connectivity index (χ3n) is 0. The zero-order chi connectivity index (χ0) is 0. The van der Waals surface area contributed by atoms with Crippen molar-refractivity contribution in [3.8, 4) is 0 Å². The van der Waals surface area contributed by atoms with Gasteiger partial charge >= 0.3 is 23.1 Å². The van der Waals surface area contributed by atoms with Gasteiger partial charge in [-0.15, -0.1) is 24.8 Å². The number of halogens is 2. The third-order valence-corrected chi connectivity index (χ3v) is 0. The average Bonchev–Trinajstić information content (AvgIpc) is 0. The molecule has 0 rings (SSSR count). The molecule has 24 N–H and O–H groups in total. The molecule has 0 spiro atoms. The molecule has 0 saturated carbocycles. The Hall–Kier alpha value is 1.49. The molecule has 16 heteroatoms. The fraction of sp³-hybridized carbons (Fsp3) is 0. The summed E-state index contributed by atoms with van der Waals surface area (Å²) < 4.78 is 0. The predicted octanol–water partition coefficient (Wildman–Crippen LogP) is -9.21. The normalized spacial score (nSPS) is 0. The van der Waals surface area contributed by atoms with Crippen molar-refractivity contribution in [1.82, 2.24) is 0 Å². The van der Waals surface area contributed by atoms with Crippen LogP contribution in [0.15, 0.2) is 0 Å². The van der Waals surface area contributed by atoms with Gasteiger partial charge in [0.05, 0.1) is 0 Å². The van der Waals surface area contributed by atoms with Gasteiger partial charge < -0.3 is 68.6 Å². The van der Waals surface area contributed by atoms with E-state index < -0.39 is 0 Å². The van der Waals surface area contributed by atoms with E-state index in [9.17, 15) is 0 Å². The molecule has 0 unspecified atom stereocenters. The van der Waals surface area contributed by atoms with E-state index >= 15 is 0 Å². The third kappa shape index (κ3) is 1470. The summed E-state index contributed by atoms with van der Waals surface area (Å²) in [6, 6.07) is 0. The zero-order valence-electron chi connectivity index (χ0n) is 10.2. The quantitative estimate of drug-likeness (QED) is 0.353. The molecule has 16 heavy (non-hydrogen) atoms. The second-order valence-corrected chi connectivity index (χ2v) is 0. The van der Waals surface area contributed by atoms with Crippen LogP contribution in [0.2, 0.25) is 0 Å². The smallest absolute Gasteiger partial charge is 1.00 e. The maximum absolute atomic E-state index is 0. The molecule has 0 heterocycles. The molecule has 12 nitrogen and oxygen atoms in total. The first-order valence-electron chi connectivity index (χ1n) is 0. The molecule has 0 saturated heterocycles. The molecule has 0 amide bonds. The van der Waals surface area contributed by atoms with Crippen LogP contribution in [0.3, 0.4) is 0 Å². The Morgan fingerprint density at radius 2 is 0.312 bits per heavy atom. The van der Waals surface area contributed by atoms with Gasteiger partial charge in [0.1, 0.15) is 0 Å². The van der Waals surface area contributed by atoms with Gasteiger partial charge in [-0.1, -0.05) is 0 Å². The van der Waals surface area contributed by atoms with E-state index in [1.54, 1.807) is 0 Å². The summed E-state index contributed by atoms with van der Waals surface area (Å²) in [5.74, 6) is 0. The molecular weight excluding hydrogens is 353 g/mol. The van der Waals surface area contributed by atoms with Gasteiger partial charge in [-0.2, -0.15) is 0 Å². The van der Waals surface area contributed by atoms with Crippen LogP contribution in [0.5, 0.6) is 0 Å². The fourth-order valence-corrected chi connectivity index (χ4v) is 0. The Bertz CT molecular complexity index is 28.0. The molecule has 0 aromatic heterocycles. The molecule has 0 aliphatic rings. The van der Waals surface area contributed by atoms with E-state index in [0.29, 0.717) is 0 Å². The van der Waals surface area contributed by atoms with Crippen LogP contribution < -0.4 is 0 Å². The standard InChI is InChI=1S/2ClH.Mg.12H2O.Zn.2H/h2*1H;;12*1H2;;;/q;;+2;;;;;;;;;;;;;;2*-1. The Labute approximate surface area is 136 Å². The molecule has 118 valence electrons. The van der Waals surface area contributed by atoms with Crippen LogP contribution in [-0.4, -0.2) is 88.8 Å². The van der Waals surface area contributed by atoms with Crippen LogP contribution in [0.1, 0.15) is 2.85 Å². The summed E-state index contributed by atoms with van der Waals surface area (Å²) in [5, 5.41) is 0. The largest absolute Gasteiger partial charge is 2.00 e. The Balaban J connectivity index is 0. The summed E-state index contributed by atoms with van der Waals surface area (Å²) in [6.45, 7) is 0. The topological polar surface area (TPSA) is 378 Å². The van der Waals surface area contributed by atoms with Crippen molar-refractivity contribution < 1.29 is 88.0 Å². The molecule has 0 aliphatic carbocycles. The summed E-state index contributed by atoms with van der Waals surface area (Å²) in [5.41, 5.74) is 0. The molecule has 0 radical (unpaired) electrons. The van der Waals surface area contributed by atoms with Crippen LogP contribution in [-0.2, 0) is 19.5 Å². The van der Waals surface area contributed by atoms with Crippen molar-refractivity contribution in [2.75, 3.05) is 0 Å². The minimum Gasteiger partial charge on any atom is -1.00 e. The van der Waals surface area contributed by atoms with Gasteiger partial charge in [0.15, 0.2) is 0 Å². The molecule has 0 aromatic carbocycles. The van der Waals surface area contributed by atoms with Crippen molar-refractivity contribution in [3.05, 3.63) is 0 Å². The SMILES string of the molecule is Cl.Cl.O.O.O.O.O.O.O.O.O.O.O.O.[H-].[H-].[Mg+2].[Zn]. The van der Waals surface area contributed by atoms with Gasteiger partial charge in [0.2, 0.25) is 0 Å². The van der Waals surface area contributed by atoms with Crippen LogP contribution >= 0.6 is 24.8 Å². The van der Waals surface area contributed by atoms with E-state index in [1.165, 1.54) is 0 Å². The molecule has 0 atom stereocenters. The Kier molecular flexibility index (Phi) is 239000. The molecule has 0 aromatic rings. The van der Waals surface area contributed by atoms with Crippen LogP contribution in [0.4, 0.5) is 0 Å². The van der Waals surface area contributed by atoms with Crippen molar-refractivity contribution >= 4 is 47.9 Å². The average molecular weight is 381 g/mol. The van der Waals surface area contributed by atoms with Crippen molar-refractivity contribution in [1.29, 1.82) is 0 Å². The molecule has 0 bridgehead atoms. The fourth-order valence-electron chi connectivity index (χ4n) is 0. The minimum absolute atomic E-state index is 0. The zero-order valence-corrected chi connectivity index (χ0v) is 14.2. The number of hydrogen-bond donors (Lipinski definition) is 0. The first-order chi connectivity index (χ1) is 0. The van der Waals surface area contributed by atoms with E-state index in [0.717, 1.165) is 0 Å². The first kappa shape index (κ1) is 2140. The predicted molar refractivity (Wildman–Crippen MR) is 65.8 cm³/mol. The van der Waals surface area contributed by atoms with Gasteiger partial charge in [-0.3, -0.25) is 0 Å². The maximum Gasteiger partial charge on any atom is 2.00 e. The van der Waals surface area contributed by atoms with Crippen molar-refractivity contribution in [2.24, 2.45) is 0 Å². The van der Waals surface area contributed by atoms with Crippen molar-refractivity contribution in [2.45, 2.75) is 0 Å². The summed E-state index contributed by atoms with van der Waals surface area (Å²) >= 11 is 0. The van der Waals surface area contributed by atoms with Crippen molar-refractivity contribution in [3.63, 3.8) is 0 Å². The first-order valence-corrected chi connectivity index (χ1v) is 0. The van der Waals surface area contributed by atoms with Gasteiger partial charge in [-0.25, -0.2) is 0 Å². The van der Waals surface area contributed by atoms with Gasteiger partial charge in [0.25, 0.3) is 0 Å². The van der Waals surface area contributed by atoms with E-state index in [2.05, 4.69) is 0 Å². The Morgan fingerprint density at radius 1 is 0.312 bits per heavy atom. The van der Waals surface area contributed by atoms with E-state index in [4.69, 9.17) is 0 Å². The summed E-state index contributed by atoms with van der Waals surface area (Å²) in [6.07, 6.45) is 0. The van der Waals surface area contributed by atoms with Gasteiger partial charge in [0, 0.05) is 19.5 Å². The van der Waals surface area contributed by atoms with E-state index in [-0.39, 0.29) is 136 Å². The monoisotopic (exact) mass is 378 g/mol. The minimum atomic E-state index is 0. The second kappa shape index (κ2) is 1780. The second-order valence-electron chi connectivity index (χ2n) is 0. The molecule has 0 fully saturated rings. The number of rotatable bonds is 0.